The molecule has 1 heteroatoms. The molecule has 0 aliphatic rings. The summed E-state index contributed by atoms with van der Waals surface area (Å²) in [7, 11) is 0. The first-order chi connectivity index (χ1) is 22.3. The van der Waals surface area contributed by atoms with Crippen molar-refractivity contribution in [3.63, 3.8) is 0 Å². The zero-order valence-electron chi connectivity index (χ0n) is 30.6. The molecular formula is C44H77N. The summed E-state index contributed by atoms with van der Waals surface area (Å²) in [4.78, 5) is 2.71. The van der Waals surface area contributed by atoms with Crippen LogP contribution in [0.5, 0.6) is 0 Å². The summed E-state index contributed by atoms with van der Waals surface area (Å²) in [5, 5.41) is 2.74. The molecule has 2 aromatic rings. The van der Waals surface area contributed by atoms with Crippen molar-refractivity contribution in [1.29, 1.82) is 0 Å². The van der Waals surface area contributed by atoms with Crippen molar-refractivity contribution in [2.75, 3.05) is 18.0 Å². The molecular weight excluding hydrogens is 542 g/mol. The standard InChI is InChI=1S/C44H77N/c1-3-5-7-9-11-13-15-17-19-21-23-25-27-29-33-39-45(44-38-37-42-35-31-32-36-43(42)41-44)40-34-30-28-26-24-22-20-18-16-14-12-10-8-6-4-2/h31-32,35-38,41H,3-30,33-34,39-40H2,1-2H3. The van der Waals surface area contributed by atoms with E-state index in [-0.39, 0.29) is 0 Å². The summed E-state index contributed by atoms with van der Waals surface area (Å²) < 4.78 is 0. The number of anilines is 1. The van der Waals surface area contributed by atoms with Gasteiger partial charge in [0.15, 0.2) is 0 Å². The average molecular weight is 620 g/mol. The zero-order chi connectivity index (χ0) is 31.9. The minimum atomic E-state index is 1.22. The fourth-order valence-corrected chi connectivity index (χ4v) is 7.09. The SMILES string of the molecule is CCCCCCCCCCCCCCCCCN(CCCCCCCCCCCCCCCCC)c1ccc2ccccc2c1. The molecule has 0 atom stereocenters. The van der Waals surface area contributed by atoms with E-state index in [0.717, 1.165) is 0 Å². The highest BCUT2D eigenvalue weighted by Crippen LogP contribution is 2.24. The number of benzene rings is 2. The molecule has 0 fully saturated rings. The van der Waals surface area contributed by atoms with E-state index in [1.165, 1.54) is 222 Å². The number of rotatable bonds is 33. The molecule has 0 amide bonds. The van der Waals surface area contributed by atoms with Crippen molar-refractivity contribution in [1.82, 2.24) is 0 Å². The maximum absolute atomic E-state index is 2.71. The lowest BCUT2D eigenvalue weighted by atomic mass is 10.0. The quantitative estimate of drug-likeness (QED) is 0.0718. The van der Waals surface area contributed by atoms with Gasteiger partial charge in [-0.3, -0.25) is 0 Å². The number of hydrogen-bond donors (Lipinski definition) is 0. The van der Waals surface area contributed by atoms with Crippen molar-refractivity contribution in [3.8, 4) is 0 Å². The molecule has 0 N–H and O–H groups in total. The monoisotopic (exact) mass is 620 g/mol. The molecule has 2 aromatic carbocycles. The third-order valence-electron chi connectivity index (χ3n) is 10.2. The van der Waals surface area contributed by atoms with E-state index >= 15 is 0 Å². The van der Waals surface area contributed by atoms with Gasteiger partial charge >= 0.3 is 0 Å². The van der Waals surface area contributed by atoms with Crippen LogP contribution in [0.3, 0.4) is 0 Å². The summed E-state index contributed by atoms with van der Waals surface area (Å²) in [6, 6.07) is 16.0. The van der Waals surface area contributed by atoms with Crippen molar-refractivity contribution in [2.45, 2.75) is 206 Å². The van der Waals surface area contributed by atoms with Gasteiger partial charge in [-0.2, -0.15) is 0 Å². The molecule has 45 heavy (non-hydrogen) atoms. The van der Waals surface area contributed by atoms with Gasteiger partial charge in [0.1, 0.15) is 0 Å². The Bertz CT molecular complexity index is 853. The van der Waals surface area contributed by atoms with Gasteiger partial charge in [-0.25, -0.2) is 0 Å². The van der Waals surface area contributed by atoms with Crippen LogP contribution in [-0.4, -0.2) is 13.1 Å². The number of nitrogens with zero attached hydrogens (tertiary/aromatic N) is 1. The van der Waals surface area contributed by atoms with E-state index in [2.05, 4.69) is 61.2 Å². The predicted octanol–water partition coefficient (Wildman–Crippen LogP) is 15.4. The summed E-state index contributed by atoms with van der Waals surface area (Å²) in [5.74, 6) is 0. The van der Waals surface area contributed by atoms with Gasteiger partial charge in [0.05, 0.1) is 0 Å². The lowest BCUT2D eigenvalue weighted by Gasteiger charge is -2.25. The Balaban J connectivity index is 1.54. The first-order valence-electron chi connectivity index (χ1n) is 20.6. The molecule has 2 rings (SSSR count). The van der Waals surface area contributed by atoms with E-state index in [0.29, 0.717) is 0 Å². The molecule has 1 nitrogen and oxygen atoms in total. The number of hydrogen-bond acceptors (Lipinski definition) is 1. The Kier molecular flexibility index (Phi) is 26.3. The van der Waals surface area contributed by atoms with Crippen LogP contribution in [0.15, 0.2) is 42.5 Å². The van der Waals surface area contributed by atoms with Crippen LogP contribution >= 0.6 is 0 Å². The molecule has 0 aromatic heterocycles. The normalized spacial score (nSPS) is 11.5. The predicted molar refractivity (Wildman–Crippen MR) is 206 cm³/mol. The summed E-state index contributed by atoms with van der Waals surface area (Å²) in [6.07, 6.45) is 43.1. The molecule has 0 aliphatic heterocycles. The Labute approximate surface area is 282 Å². The Morgan fingerprint density at radius 3 is 1.00 bits per heavy atom. The largest absolute Gasteiger partial charge is 0.372 e. The van der Waals surface area contributed by atoms with Gasteiger partial charge < -0.3 is 4.90 Å². The van der Waals surface area contributed by atoms with E-state index in [1.807, 2.05) is 0 Å². The maximum Gasteiger partial charge on any atom is 0.0372 e. The van der Waals surface area contributed by atoms with Crippen LogP contribution in [0.2, 0.25) is 0 Å². The smallest absolute Gasteiger partial charge is 0.0372 e. The first kappa shape index (κ1) is 39.7. The zero-order valence-corrected chi connectivity index (χ0v) is 30.6. The Morgan fingerprint density at radius 1 is 0.333 bits per heavy atom. The fourth-order valence-electron chi connectivity index (χ4n) is 7.09. The highest BCUT2D eigenvalue weighted by atomic mass is 15.1. The second-order valence-corrected chi connectivity index (χ2v) is 14.4. The number of unbranched alkanes of at least 4 members (excludes halogenated alkanes) is 28. The highest BCUT2D eigenvalue weighted by molar-refractivity contribution is 5.85. The molecule has 0 spiro atoms. The van der Waals surface area contributed by atoms with E-state index in [1.54, 1.807) is 0 Å². The molecule has 0 aliphatic carbocycles. The van der Waals surface area contributed by atoms with Gasteiger partial charge in [0, 0.05) is 18.8 Å². The second-order valence-electron chi connectivity index (χ2n) is 14.4. The third-order valence-corrected chi connectivity index (χ3v) is 10.2. The van der Waals surface area contributed by atoms with E-state index in [4.69, 9.17) is 0 Å². The highest BCUT2D eigenvalue weighted by Gasteiger charge is 2.08. The molecule has 0 saturated carbocycles. The summed E-state index contributed by atoms with van der Waals surface area (Å²) in [5.41, 5.74) is 1.43. The Morgan fingerprint density at radius 2 is 0.644 bits per heavy atom. The molecule has 0 radical (unpaired) electrons. The summed E-state index contributed by atoms with van der Waals surface area (Å²) in [6.45, 7) is 7.05. The van der Waals surface area contributed by atoms with Crippen LogP contribution in [0, 0.1) is 0 Å². The van der Waals surface area contributed by atoms with Crippen molar-refractivity contribution < 1.29 is 0 Å². The van der Waals surface area contributed by atoms with Gasteiger partial charge in [-0.1, -0.05) is 224 Å². The lowest BCUT2D eigenvalue weighted by Crippen LogP contribution is -2.25. The molecule has 0 saturated heterocycles. The minimum absolute atomic E-state index is 1.22. The van der Waals surface area contributed by atoms with E-state index in [9.17, 15) is 0 Å². The molecule has 0 bridgehead atoms. The average Bonchev–Trinajstić information content (AvgIpc) is 3.07. The molecule has 0 unspecified atom stereocenters. The van der Waals surface area contributed by atoms with Crippen molar-refractivity contribution in [2.24, 2.45) is 0 Å². The van der Waals surface area contributed by atoms with Crippen LogP contribution in [-0.2, 0) is 0 Å². The van der Waals surface area contributed by atoms with Crippen LogP contribution < -0.4 is 4.90 Å². The third kappa shape index (κ3) is 21.8. The van der Waals surface area contributed by atoms with Gasteiger partial charge in [-0.15, -0.1) is 0 Å². The molecule has 258 valence electrons. The first-order valence-corrected chi connectivity index (χ1v) is 20.6. The van der Waals surface area contributed by atoms with Crippen LogP contribution in [0.1, 0.15) is 206 Å². The Hall–Kier alpha value is -1.50. The number of fused-ring (bicyclic) bond motifs is 1. The van der Waals surface area contributed by atoms with E-state index < -0.39 is 0 Å². The topological polar surface area (TPSA) is 3.24 Å². The molecule has 0 heterocycles. The van der Waals surface area contributed by atoms with Gasteiger partial charge in [0.2, 0.25) is 0 Å². The lowest BCUT2D eigenvalue weighted by molar-refractivity contribution is 0.526. The minimum Gasteiger partial charge on any atom is -0.372 e. The summed E-state index contributed by atoms with van der Waals surface area (Å²) >= 11 is 0. The van der Waals surface area contributed by atoms with Crippen LogP contribution in [0.25, 0.3) is 10.8 Å². The second kappa shape index (κ2) is 29.9. The fraction of sp³-hybridized carbons (Fsp3) is 0.773. The van der Waals surface area contributed by atoms with Crippen molar-refractivity contribution >= 4 is 16.5 Å². The van der Waals surface area contributed by atoms with Gasteiger partial charge in [0.25, 0.3) is 0 Å². The maximum atomic E-state index is 2.71. The van der Waals surface area contributed by atoms with Crippen molar-refractivity contribution in [3.05, 3.63) is 42.5 Å². The van der Waals surface area contributed by atoms with Gasteiger partial charge in [-0.05, 0) is 35.7 Å². The van der Waals surface area contributed by atoms with Crippen LogP contribution in [0.4, 0.5) is 5.69 Å².